The van der Waals surface area contributed by atoms with Crippen LogP contribution in [0.4, 0.5) is 17.6 Å². The van der Waals surface area contributed by atoms with Crippen molar-refractivity contribution in [1.29, 1.82) is 0 Å². The van der Waals surface area contributed by atoms with Gasteiger partial charge >= 0.3 is 0 Å². The van der Waals surface area contributed by atoms with Crippen molar-refractivity contribution in [2.45, 2.75) is 12.5 Å². The van der Waals surface area contributed by atoms with Crippen LogP contribution in [0.3, 0.4) is 0 Å². The molecule has 0 aliphatic carbocycles. The second-order valence-electron chi connectivity index (χ2n) is 3.20. The minimum atomic E-state index is -3.33. The summed E-state index contributed by atoms with van der Waals surface area (Å²) in [6, 6.07) is 2.03. The van der Waals surface area contributed by atoms with Crippen LogP contribution in [0.5, 0.6) is 0 Å². The molecule has 76 valence electrons. The Morgan fingerprint density at radius 2 is 1.93 bits per heavy atom. The molecule has 1 aliphatic rings. The van der Waals surface area contributed by atoms with Gasteiger partial charge in [0.15, 0.2) is 11.6 Å². The lowest BCUT2D eigenvalue weighted by atomic mass is 9.97. The van der Waals surface area contributed by atoms with E-state index in [1.807, 2.05) is 0 Å². The van der Waals surface area contributed by atoms with Gasteiger partial charge in [0.1, 0.15) is 0 Å². The summed E-state index contributed by atoms with van der Waals surface area (Å²) in [5.74, 6) is -6.00. The quantitative estimate of drug-likeness (QED) is 0.640. The predicted molar refractivity (Wildman–Crippen MR) is 42.0 cm³/mol. The zero-order valence-corrected chi connectivity index (χ0v) is 7.08. The van der Waals surface area contributed by atoms with Gasteiger partial charge in [0, 0.05) is 6.54 Å². The van der Waals surface area contributed by atoms with Crippen LogP contribution < -0.4 is 5.32 Å². The smallest absolute Gasteiger partial charge is 0.288 e. The Kier molecular flexibility index (Phi) is 1.99. The van der Waals surface area contributed by atoms with E-state index in [-0.39, 0.29) is 12.1 Å². The van der Waals surface area contributed by atoms with Crippen LogP contribution in [0, 0.1) is 11.6 Å². The van der Waals surface area contributed by atoms with Crippen LogP contribution in [0.2, 0.25) is 0 Å². The Bertz CT molecular complexity index is 375. The summed E-state index contributed by atoms with van der Waals surface area (Å²) in [4.78, 5) is 0. The third-order valence-electron chi connectivity index (χ3n) is 2.21. The van der Waals surface area contributed by atoms with Gasteiger partial charge in [-0.2, -0.15) is 8.78 Å². The molecule has 1 N–H and O–H groups in total. The summed E-state index contributed by atoms with van der Waals surface area (Å²) < 4.78 is 52.2. The van der Waals surface area contributed by atoms with Crippen LogP contribution in [-0.2, 0) is 12.5 Å². The number of fused-ring (bicyclic) bond motifs is 1. The maximum absolute atomic E-state index is 13.2. The molecule has 0 unspecified atom stereocenters. The molecule has 0 amide bonds. The van der Waals surface area contributed by atoms with Crippen LogP contribution in [0.1, 0.15) is 11.1 Å². The highest BCUT2D eigenvalue weighted by Crippen LogP contribution is 2.35. The first kappa shape index (κ1) is 9.45. The molecule has 0 atom stereocenters. The molecular weight excluding hydrogens is 198 g/mol. The van der Waals surface area contributed by atoms with Gasteiger partial charge in [0.05, 0.1) is 12.1 Å². The fraction of sp³-hybridized carbons (Fsp3) is 0.333. The molecule has 0 radical (unpaired) electrons. The molecule has 0 fully saturated rings. The van der Waals surface area contributed by atoms with Crippen molar-refractivity contribution in [2.24, 2.45) is 0 Å². The summed E-state index contributed by atoms with van der Waals surface area (Å²) >= 11 is 0. The average Bonchev–Trinajstić information content (AvgIpc) is 2.10. The van der Waals surface area contributed by atoms with Crippen molar-refractivity contribution >= 4 is 0 Å². The Hall–Kier alpha value is -1.10. The zero-order chi connectivity index (χ0) is 10.3. The minimum absolute atomic E-state index is 0.111. The first-order chi connectivity index (χ1) is 6.52. The first-order valence-corrected chi connectivity index (χ1v) is 4.08. The molecule has 2 rings (SSSR count). The molecule has 1 nitrogen and oxygen atoms in total. The molecule has 0 spiro atoms. The standard InChI is InChI=1S/C9H7F4N/c10-6-2-1-5-3-14-4-9(12,13)7(5)8(6)11/h1-2,14H,3-4H2. The molecule has 1 aromatic rings. The Balaban J connectivity index is 2.66. The van der Waals surface area contributed by atoms with Crippen molar-refractivity contribution in [3.05, 3.63) is 34.9 Å². The van der Waals surface area contributed by atoms with Crippen molar-refractivity contribution in [3.63, 3.8) is 0 Å². The van der Waals surface area contributed by atoms with Crippen molar-refractivity contribution in [3.8, 4) is 0 Å². The minimum Gasteiger partial charge on any atom is -0.307 e. The first-order valence-electron chi connectivity index (χ1n) is 4.08. The number of nitrogens with one attached hydrogen (secondary N) is 1. The van der Waals surface area contributed by atoms with Gasteiger partial charge in [0.2, 0.25) is 0 Å². The third kappa shape index (κ3) is 1.28. The van der Waals surface area contributed by atoms with Gasteiger partial charge in [-0.25, -0.2) is 8.78 Å². The molecule has 5 heteroatoms. The molecule has 0 saturated carbocycles. The van der Waals surface area contributed by atoms with Gasteiger partial charge in [-0.15, -0.1) is 0 Å². The molecule has 14 heavy (non-hydrogen) atoms. The van der Waals surface area contributed by atoms with Crippen LogP contribution in [0.25, 0.3) is 0 Å². The van der Waals surface area contributed by atoms with Gasteiger partial charge in [0.25, 0.3) is 5.92 Å². The van der Waals surface area contributed by atoms with E-state index in [0.717, 1.165) is 6.07 Å². The summed E-state index contributed by atoms with van der Waals surface area (Å²) in [7, 11) is 0. The largest absolute Gasteiger partial charge is 0.307 e. The van der Waals surface area contributed by atoms with E-state index in [4.69, 9.17) is 0 Å². The molecule has 0 aromatic heterocycles. The number of rotatable bonds is 0. The fourth-order valence-electron chi connectivity index (χ4n) is 1.58. The van der Waals surface area contributed by atoms with Crippen molar-refractivity contribution in [1.82, 2.24) is 5.32 Å². The predicted octanol–water partition coefficient (Wildman–Crippen LogP) is 2.16. The van der Waals surface area contributed by atoms with Gasteiger partial charge < -0.3 is 5.32 Å². The highest BCUT2D eigenvalue weighted by atomic mass is 19.3. The topological polar surface area (TPSA) is 12.0 Å². The third-order valence-corrected chi connectivity index (χ3v) is 2.21. The van der Waals surface area contributed by atoms with E-state index >= 15 is 0 Å². The highest BCUT2D eigenvalue weighted by molar-refractivity contribution is 5.35. The molecular formula is C9H7F4N. The van der Waals surface area contributed by atoms with Gasteiger partial charge in [-0.1, -0.05) is 6.07 Å². The maximum Gasteiger partial charge on any atom is 0.288 e. The van der Waals surface area contributed by atoms with Gasteiger partial charge in [-0.05, 0) is 11.6 Å². The fourth-order valence-corrected chi connectivity index (χ4v) is 1.58. The van der Waals surface area contributed by atoms with E-state index in [2.05, 4.69) is 5.32 Å². The summed E-state index contributed by atoms with van der Waals surface area (Å²) in [5.41, 5.74) is -0.698. The normalized spacial score (nSPS) is 19.1. The monoisotopic (exact) mass is 205 g/mol. The van der Waals surface area contributed by atoms with Crippen LogP contribution in [-0.4, -0.2) is 6.54 Å². The Morgan fingerprint density at radius 1 is 1.21 bits per heavy atom. The SMILES string of the molecule is Fc1ccc2c(c1F)C(F)(F)CNC2. The van der Waals surface area contributed by atoms with Crippen LogP contribution >= 0.6 is 0 Å². The van der Waals surface area contributed by atoms with E-state index in [1.54, 1.807) is 0 Å². The van der Waals surface area contributed by atoms with Crippen molar-refractivity contribution in [2.75, 3.05) is 6.54 Å². The molecule has 0 bridgehead atoms. The number of hydrogen-bond donors (Lipinski definition) is 1. The number of halogens is 4. The van der Waals surface area contributed by atoms with E-state index in [0.29, 0.717) is 0 Å². The van der Waals surface area contributed by atoms with E-state index < -0.39 is 29.7 Å². The van der Waals surface area contributed by atoms with E-state index in [1.165, 1.54) is 6.07 Å². The maximum atomic E-state index is 13.2. The average molecular weight is 205 g/mol. The molecule has 0 saturated heterocycles. The second-order valence-corrected chi connectivity index (χ2v) is 3.20. The van der Waals surface area contributed by atoms with Crippen molar-refractivity contribution < 1.29 is 17.6 Å². The number of alkyl halides is 2. The lowest BCUT2D eigenvalue weighted by Gasteiger charge is -2.26. The number of hydrogen-bond acceptors (Lipinski definition) is 1. The summed E-state index contributed by atoms with van der Waals surface area (Å²) in [6.07, 6.45) is 0. The zero-order valence-electron chi connectivity index (χ0n) is 7.08. The Morgan fingerprint density at radius 3 is 2.64 bits per heavy atom. The number of benzene rings is 1. The molecule has 1 aliphatic heterocycles. The lowest BCUT2D eigenvalue weighted by molar-refractivity contribution is -0.0150. The van der Waals surface area contributed by atoms with Crippen LogP contribution in [0.15, 0.2) is 12.1 Å². The second kappa shape index (κ2) is 2.95. The molecule has 1 aromatic carbocycles. The summed E-state index contributed by atoms with van der Waals surface area (Å²) in [6.45, 7) is -0.511. The lowest BCUT2D eigenvalue weighted by Crippen LogP contribution is -2.37. The molecule has 1 heterocycles. The Labute approximate surface area is 77.7 Å². The summed E-state index contributed by atoms with van der Waals surface area (Å²) in [5, 5.41) is 2.44. The highest BCUT2D eigenvalue weighted by Gasteiger charge is 2.40. The van der Waals surface area contributed by atoms with Gasteiger partial charge in [-0.3, -0.25) is 0 Å². The van der Waals surface area contributed by atoms with E-state index in [9.17, 15) is 17.6 Å².